The van der Waals surface area contributed by atoms with Crippen LogP contribution in [0.25, 0.3) is 11.1 Å². The molecular formula is C23H21N3O4. The molecule has 1 fully saturated rings. The molecule has 1 aliphatic rings. The third-order valence-corrected chi connectivity index (χ3v) is 5.04. The minimum absolute atomic E-state index is 0.0332. The van der Waals surface area contributed by atoms with E-state index in [1.807, 2.05) is 47.4 Å². The van der Waals surface area contributed by atoms with Gasteiger partial charge in [-0.1, -0.05) is 42.5 Å². The Bertz CT molecular complexity index is 1050. The van der Waals surface area contributed by atoms with Gasteiger partial charge in [0.15, 0.2) is 0 Å². The van der Waals surface area contributed by atoms with E-state index < -0.39 is 4.92 Å². The highest BCUT2D eigenvalue weighted by atomic mass is 16.6. The zero-order valence-electron chi connectivity index (χ0n) is 16.3. The summed E-state index contributed by atoms with van der Waals surface area (Å²) in [6.45, 7) is 2.27. The summed E-state index contributed by atoms with van der Waals surface area (Å²) < 4.78 is 5.31. The van der Waals surface area contributed by atoms with Crippen LogP contribution in [-0.2, 0) is 4.74 Å². The van der Waals surface area contributed by atoms with Crippen LogP contribution in [0, 0.1) is 10.1 Å². The van der Waals surface area contributed by atoms with E-state index in [0.717, 1.165) is 11.1 Å². The molecule has 0 aromatic heterocycles. The third-order valence-electron chi connectivity index (χ3n) is 5.04. The Morgan fingerprint density at radius 2 is 1.60 bits per heavy atom. The van der Waals surface area contributed by atoms with Crippen molar-refractivity contribution in [2.45, 2.75) is 0 Å². The summed E-state index contributed by atoms with van der Waals surface area (Å²) in [5.74, 6) is -0.317. The monoisotopic (exact) mass is 403 g/mol. The molecule has 7 nitrogen and oxygen atoms in total. The number of nitrogens with zero attached hydrogens (tertiary/aromatic N) is 2. The van der Waals surface area contributed by atoms with Gasteiger partial charge in [-0.3, -0.25) is 14.9 Å². The Morgan fingerprint density at radius 1 is 0.933 bits per heavy atom. The number of hydrogen-bond acceptors (Lipinski definition) is 5. The molecule has 3 aromatic carbocycles. The van der Waals surface area contributed by atoms with Crippen LogP contribution >= 0.6 is 0 Å². The highest BCUT2D eigenvalue weighted by Gasteiger charge is 2.22. The number of ether oxygens (including phenoxy) is 1. The number of nitrogens with one attached hydrogen (secondary N) is 1. The molecule has 0 aliphatic carbocycles. The van der Waals surface area contributed by atoms with E-state index in [4.69, 9.17) is 4.74 Å². The molecule has 0 saturated carbocycles. The molecule has 152 valence electrons. The van der Waals surface area contributed by atoms with Crippen molar-refractivity contribution in [1.82, 2.24) is 0 Å². The fourth-order valence-corrected chi connectivity index (χ4v) is 3.47. The van der Waals surface area contributed by atoms with Crippen LogP contribution in [-0.4, -0.2) is 37.1 Å². The van der Waals surface area contributed by atoms with Gasteiger partial charge in [-0.15, -0.1) is 0 Å². The average Bonchev–Trinajstić information content (AvgIpc) is 2.80. The van der Waals surface area contributed by atoms with Crippen LogP contribution in [0.2, 0.25) is 0 Å². The van der Waals surface area contributed by atoms with Gasteiger partial charge < -0.3 is 15.0 Å². The number of benzene rings is 3. The summed E-state index contributed by atoms with van der Waals surface area (Å²) in [5.41, 5.74) is 3.45. The van der Waals surface area contributed by atoms with Crippen molar-refractivity contribution >= 4 is 23.0 Å². The van der Waals surface area contributed by atoms with Gasteiger partial charge in [0, 0.05) is 30.4 Å². The number of rotatable bonds is 5. The first-order valence-electron chi connectivity index (χ1n) is 9.70. The number of nitro benzene ring substituents is 1. The molecule has 0 spiro atoms. The second-order valence-corrected chi connectivity index (χ2v) is 6.96. The van der Waals surface area contributed by atoms with Crippen LogP contribution in [0.1, 0.15) is 10.4 Å². The predicted molar refractivity (Wildman–Crippen MR) is 116 cm³/mol. The zero-order valence-corrected chi connectivity index (χ0v) is 16.3. The van der Waals surface area contributed by atoms with E-state index in [2.05, 4.69) is 5.32 Å². The maximum atomic E-state index is 12.6. The molecule has 0 bridgehead atoms. The van der Waals surface area contributed by atoms with E-state index in [0.29, 0.717) is 43.2 Å². The van der Waals surface area contributed by atoms with Crippen molar-refractivity contribution < 1.29 is 14.5 Å². The van der Waals surface area contributed by atoms with E-state index in [-0.39, 0.29) is 11.6 Å². The molecule has 1 N–H and O–H groups in total. The number of carbonyl (C=O) groups excluding carboxylic acids is 1. The van der Waals surface area contributed by atoms with Crippen molar-refractivity contribution in [2.75, 3.05) is 36.5 Å². The second kappa shape index (κ2) is 8.75. The molecule has 7 heteroatoms. The first kappa shape index (κ1) is 19.6. The van der Waals surface area contributed by atoms with E-state index in [9.17, 15) is 14.9 Å². The van der Waals surface area contributed by atoms with Crippen molar-refractivity contribution in [3.05, 3.63) is 88.5 Å². The van der Waals surface area contributed by atoms with Gasteiger partial charge in [0.25, 0.3) is 11.6 Å². The lowest BCUT2D eigenvalue weighted by atomic mass is 10.0. The number of hydrogen-bond donors (Lipinski definition) is 1. The van der Waals surface area contributed by atoms with Crippen molar-refractivity contribution in [3.63, 3.8) is 0 Å². The number of carbonyl (C=O) groups is 1. The molecule has 3 aromatic rings. The summed E-state index contributed by atoms with van der Waals surface area (Å²) in [6, 6.07) is 21.9. The molecule has 0 radical (unpaired) electrons. The number of anilines is 2. The summed E-state index contributed by atoms with van der Waals surface area (Å²) in [4.78, 5) is 25.7. The topological polar surface area (TPSA) is 84.7 Å². The normalized spacial score (nSPS) is 13.7. The van der Waals surface area contributed by atoms with Gasteiger partial charge in [0.05, 0.1) is 18.1 Å². The number of amides is 1. The molecule has 1 heterocycles. The summed E-state index contributed by atoms with van der Waals surface area (Å²) in [6.07, 6.45) is 0. The lowest BCUT2D eigenvalue weighted by Crippen LogP contribution is -2.36. The van der Waals surface area contributed by atoms with Crippen molar-refractivity contribution in [3.8, 4) is 11.1 Å². The smallest absolute Gasteiger partial charge is 0.294 e. The molecule has 1 saturated heterocycles. The quantitative estimate of drug-likeness (QED) is 0.506. The highest BCUT2D eigenvalue weighted by Crippen LogP contribution is 2.32. The van der Waals surface area contributed by atoms with Gasteiger partial charge in [0.2, 0.25) is 0 Å². The summed E-state index contributed by atoms with van der Waals surface area (Å²) in [7, 11) is 0. The SMILES string of the molecule is O=C(Nc1ccc(N2CCOCC2)c([N+](=O)[O-])c1)c1ccc(-c2ccccc2)cc1. The highest BCUT2D eigenvalue weighted by molar-refractivity contribution is 6.04. The van der Waals surface area contributed by atoms with Gasteiger partial charge in [-0.25, -0.2) is 0 Å². The predicted octanol–water partition coefficient (Wildman–Crippen LogP) is 4.35. The summed E-state index contributed by atoms with van der Waals surface area (Å²) in [5, 5.41) is 14.3. The van der Waals surface area contributed by atoms with E-state index in [1.165, 1.54) is 6.07 Å². The molecule has 30 heavy (non-hydrogen) atoms. The molecule has 0 unspecified atom stereocenters. The fourth-order valence-electron chi connectivity index (χ4n) is 3.47. The maximum Gasteiger partial charge on any atom is 0.294 e. The first-order valence-corrected chi connectivity index (χ1v) is 9.70. The molecule has 0 atom stereocenters. The standard InChI is InChI=1S/C23H21N3O4/c27-23(19-8-6-18(7-9-19)17-4-2-1-3-5-17)24-20-10-11-21(22(16-20)26(28)29)25-12-14-30-15-13-25/h1-11,16H,12-15H2,(H,24,27). The lowest BCUT2D eigenvalue weighted by Gasteiger charge is -2.28. The van der Waals surface area contributed by atoms with Gasteiger partial charge >= 0.3 is 0 Å². The largest absolute Gasteiger partial charge is 0.378 e. The maximum absolute atomic E-state index is 12.6. The van der Waals surface area contributed by atoms with Crippen LogP contribution < -0.4 is 10.2 Å². The first-order chi connectivity index (χ1) is 14.6. The van der Waals surface area contributed by atoms with Crippen molar-refractivity contribution in [1.29, 1.82) is 0 Å². The Balaban J connectivity index is 1.51. The molecule has 1 aliphatic heterocycles. The minimum atomic E-state index is -0.422. The minimum Gasteiger partial charge on any atom is -0.378 e. The molecule has 1 amide bonds. The Kier molecular flexibility index (Phi) is 5.72. The van der Waals surface area contributed by atoms with Crippen LogP contribution in [0.15, 0.2) is 72.8 Å². The average molecular weight is 403 g/mol. The van der Waals surface area contributed by atoms with Gasteiger partial charge in [0.1, 0.15) is 5.69 Å². The van der Waals surface area contributed by atoms with Gasteiger partial charge in [-0.2, -0.15) is 0 Å². The Morgan fingerprint density at radius 3 is 2.27 bits per heavy atom. The number of nitro groups is 1. The van der Waals surface area contributed by atoms with Crippen LogP contribution in [0.5, 0.6) is 0 Å². The van der Waals surface area contributed by atoms with Crippen LogP contribution in [0.3, 0.4) is 0 Å². The lowest BCUT2D eigenvalue weighted by molar-refractivity contribution is -0.384. The molecular weight excluding hydrogens is 382 g/mol. The molecule has 4 rings (SSSR count). The summed E-state index contributed by atoms with van der Waals surface area (Å²) >= 11 is 0. The van der Waals surface area contributed by atoms with Crippen LogP contribution in [0.4, 0.5) is 17.1 Å². The Labute approximate surface area is 174 Å². The van der Waals surface area contributed by atoms with E-state index in [1.54, 1.807) is 24.3 Å². The zero-order chi connectivity index (χ0) is 20.9. The van der Waals surface area contributed by atoms with Crippen molar-refractivity contribution in [2.24, 2.45) is 0 Å². The van der Waals surface area contributed by atoms with E-state index >= 15 is 0 Å². The second-order valence-electron chi connectivity index (χ2n) is 6.96. The van der Waals surface area contributed by atoms with Gasteiger partial charge in [-0.05, 0) is 35.4 Å². The Hall–Kier alpha value is -3.71. The fraction of sp³-hybridized carbons (Fsp3) is 0.174. The number of morpholine rings is 1. The third kappa shape index (κ3) is 4.31.